The van der Waals surface area contributed by atoms with Crippen molar-refractivity contribution >= 4 is 28.5 Å². The fourth-order valence-electron chi connectivity index (χ4n) is 5.26. The smallest absolute Gasteiger partial charge is 0.227 e. The average Bonchev–Trinajstić information content (AvgIpc) is 3.22. The molecule has 1 aromatic rings. The van der Waals surface area contributed by atoms with Gasteiger partial charge >= 0.3 is 0 Å². The zero-order valence-corrected chi connectivity index (χ0v) is 20.3. The third-order valence-corrected chi connectivity index (χ3v) is 8.75. The number of alkyl halides is 1. The van der Waals surface area contributed by atoms with Gasteiger partial charge in [-0.05, 0) is 37.0 Å². The minimum Gasteiger partial charge on any atom is -0.364 e. The molecule has 1 aromatic heterocycles. The number of fused-ring (bicyclic) bond motifs is 1. The topological polar surface area (TPSA) is 108 Å². The lowest BCUT2D eigenvalue weighted by atomic mass is 9.79. The standard InChI is InChI=1S/C23H28F2N6O3S/c1-30-13-17(2-3-19(30)32)26-21-20-18(4-9-35(20)34)27-22(28-21)31-7-5-23(29-33,6-8-31)14-10-15(24)12-16(25)11-14/h10-11,15,17H,2-9,12-13H2,1H3,(H,26,27,28)/t15?,17-,35?/m0/s1. The number of rotatable bonds is 5. The summed E-state index contributed by atoms with van der Waals surface area (Å²) in [6, 6.07) is -0.0102. The molecule has 35 heavy (non-hydrogen) atoms. The van der Waals surface area contributed by atoms with Crippen LogP contribution < -0.4 is 10.2 Å². The number of nitrogens with one attached hydrogen (secondary N) is 1. The first-order valence-electron chi connectivity index (χ1n) is 11.9. The number of anilines is 2. The van der Waals surface area contributed by atoms with E-state index in [4.69, 9.17) is 4.98 Å². The Morgan fingerprint density at radius 2 is 2.03 bits per heavy atom. The summed E-state index contributed by atoms with van der Waals surface area (Å²) in [6.07, 6.45) is 3.01. The number of nitrogens with zero attached hydrogens (tertiary/aromatic N) is 5. The van der Waals surface area contributed by atoms with E-state index in [2.05, 4.69) is 15.5 Å². The molecule has 0 radical (unpaired) electrons. The maximum atomic E-state index is 13.9. The van der Waals surface area contributed by atoms with Gasteiger partial charge in [-0.3, -0.25) is 9.00 Å². The van der Waals surface area contributed by atoms with Crippen molar-refractivity contribution in [3.05, 3.63) is 34.2 Å². The lowest BCUT2D eigenvalue weighted by molar-refractivity contribution is -0.132. The van der Waals surface area contributed by atoms with E-state index >= 15 is 0 Å². The lowest BCUT2D eigenvalue weighted by Crippen LogP contribution is -2.45. The van der Waals surface area contributed by atoms with Gasteiger partial charge in [0.15, 0.2) is 0 Å². The van der Waals surface area contributed by atoms with E-state index in [1.54, 1.807) is 11.9 Å². The first-order chi connectivity index (χ1) is 16.8. The van der Waals surface area contributed by atoms with Gasteiger partial charge in [-0.2, -0.15) is 4.98 Å². The fourth-order valence-corrected chi connectivity index (χ4v) is 6.57. The number of likely N-dealkylation sites (N-methyl/N-ethyl adjacent to an activating group) is 1. The van der Waals surface area contributed by atoms with Crippen molar-refractivity contribution in [1.82, 2.24) is 14.9 Å². The number of aromatic nitrogens is 2. The molecule has 3 atom stereocenters. The molecule has 2 unspecified atom stereocenters. The minimum atomic E-state index is -1.46. The van der Waals surface area contributed by atoms with Crippen LogP contribution in [0.15, 0.2) is 33.6 Å². The van der Waals surface area contributed by atoms with Gasteiger partial charge in [-0.25, -0.2) is 13.8 Å². The third kappa shape index (κ3) is 4.60. The molecule has 4 heterocycles. The Labute approximate surface area is 204 Å². The van der Waals surface area contributed by atoms with Crippen molar-refractivity contribution in [2.24, 2.45) is 5.18 Å². The van der Waals surface area contributed by atoms with Crippen molar-refractivity contribution in [3.8, 4) is 0 Å². The molecule has 0 bridgehead atoms. The van der Waals surface area contributed by atoms with Gasteiger partial charge in [0.25, 0.3) is 0 Å². The summed E-state index contributed by atoms with van der Waals surface area (Å²) in [5.74, 6) is 0.996. The second kappa shape index (κ2) is 9.36. The summed E-state index contributed by atoms with van der Waals surface area (Å²) in [4.78, 5) is 37.4. The Bertz CT molecular complexity index is 1130. The number of amides is 1. The Kier molecular flexibility index (Phi) is 6.41. The molecule has 188 valence electrons. The number of piperidine rings is 2. The SMILES string of the molecule is CN1C[C@@H](Nc2nc(N3CCC(N=O)(C4=CC(F)CC(F)=C4)CC3)nc3c2S(=O)CC3)CCC1=O. The summed E-state index contributed by atoms with van der Waals surface area (Å²) in [5.41, 5.74) is -0.148. The molecule has 0 saturated carbocycles. The molecule has 2 fully saturated rings. The van der Waals surface area contributed by atoms with Crippen LogP contribution in [0.5, 0.6) is 0 Å². The summed E-state index contributed by atoms with van der Waals surface area (Å²) in [5, 5.41) is 6.72. The summed E-state index contributed by atoms with van der Waals surface area (Å²) < 4.78 is 40.5. The molecule has 4 aliphatic rings. The number of hydrogen-bond donors (Lipinski definition) is 1. The maximum absolute atomic E-state index is 13.9. The largest absolute Gasteiger partial charge is 0.364 e. The Balaban J connectivity index is 1.37. The molecule has 3 aliphatic heterocycles. The van der Waals surface area contributed by atoms with Gasteiger partial charge in [0.1, 0.15) is 28.3 Å². The van der Waals surface area contributed by atoms with Crippen LogP contribution in [-0.4, -0.2) is 75.2 Å². The van der Waals surface area contributed by atoms with Crippen LogP contribution in [0.2, 0.25) is 0 Å². The predicted molar refractivity (Wildman–Crippen MR) is 128 cm³/mol. The van der Waals surface area contributed by atoms with E-state index < -0.39 is 28.3 Å². The number of likely N-dealkylation sites (tertiary alicyclic amines) is 1. The molecule has 1 N–H and O–H groups in total. The second-order valence-corrected chi connectivity index (χ2v) is 11.2. The number of halogens is 2. The van der Waals surface area contributed by atoms with Gasteiger partial charge in [-0.1, -0.05) is 5.18 Å². The van der Waals surface area contributed by atoms with Crippen LogP contribution in [0.25, 0.3) is 0 Å². The van der Waals surface area contributed by atoms with Crippen LogP contribution in [0.3, 0.4) is 0 Å². The van der Waals surface area contributed by atoms with Gasteiger partial charge in [-0.15, -0.1) is 4.91 Å². The highest BCUT2D eigenvalue weighted by Crippen LogP contribution is 2.39. The molecule has 1 amide bonds. The normalized spacial score (nSPS) is 28.3. The number of allylic oxidation sites excluding steroid dienone is 2. The third-order valence-electron chi connectivity index (χ3n) is 7.29. The zero-order valence-electron chi connectivity index (χ0n) is 19.5. The Hall–Kier alpha value is -2.76. The van der Waals surface area contributed by atoms with E-state index in [1.807, 2.05) is 4.90 Å². The van der Waals surface area contributed by atoms with E-state index in [0.717, 1.165) is 5.69 Å². The quantitative estimate of drug-likeness (QED) is 0.612. The van der Waals surface area contributed by atoms with Crippen LogP contribution in [0.4, 0.5) is 20.5 Å². The summed E-state index contributed by atoms with van der Waals surface area (Å²) in [6.45, 7) is 1.31. The van der Waals surface area contributed by atoms with Gasteiger partial charge in [0, 0.05) is 57.7 Å². The van der Waals surface area contributed by atoms with E-state index in [0.29, 0.717) is 66.9 Å². The van der Waals surface area contributed by atoms with Crippen LogP contribution >= 0.6 is 0 Å². The van der Waals surface area contributed by atoms with Gasteiger partial charge in [0.05, 0.1) is 16.5 Å². The van der Waals surface area contributed by atoms with Gasteiger partial charge < -0.3 is 15.1 Å². The Morgan fingerprint density at radius 1 is 1.26 bits per heavy atom. The van der Waals surface area contributed by atoms with Crippen LogP contribution in [0, 0.1) is 4.91 Å². The number of nitroso groups, excluding NO2 is 1. The number of carbonyl (C=O) groups is 1. The molecular weight excluding hydrogens is 478 g/mol. The van der Waals surface area contributed by atoms with E-state index in [9.17, 15) is 22.7 Å². The van der Waals surface area contributed by atoms with E-state index in [-0.39, 0.29) is 31.2 Å². The monoisotopic (exact) mass is 506 g/mol. The molecule has 0 spiro atoms. The van der Waals surface area contributed by atoms with Gasteiger partial charge in [0.2, 0.25) is 11.9 Å². The highest BCUT2D eigenvalue weighted by atomic mass is 32.2. The number of carbonyl (C=O) groups excluding carboxylic acids is 1. The zero-order chi connectivity index (χ0) is 24.7. The van der Waals surface area contributed by atoms with Crippen molar-refractivity contribution in [3.63, 3.8) is 0 Å². The molecule has 0 aromatic carbocycles. The molecule has 12 heteroatoms. The lowest BCUT2D eigenvalue weighted by Gasteiger charge is -2.38. The van der Waals surface area contributed by atoms with Crippen LogP contribution in [-0.2, 0) is 22.0 Å². The predicted octanol–water partition coefficient (Wildman–Crippen LogP) is 2.80. The maximum Gasteiger partial charge on any atom is 0.227 e. The number of hydrogen-bond acceptors (Lipinski definition) is 8. The first-order valence-corrected chi connectivity index (χ1v) is 13.2. The van der Waals surface area contributed by atoms with Crippen molar-refractivity contribution < 1.29 is 17.8 Å². The van der Waals surface area contributed by atoms with Crippen molar-refractivity contribution in [1.29, 1.82) is 0 Å². The molecular formula is C23H28F2N6O3S. The van der Waals surface area contributed by atoms with E-state index in [1.165, 1.54) is 12.2 Å². The fraction of sp³-hybridized carbons (Fsp3) is 0.609. The summed E-state index contributed by atoms with van der Waals surface area (Å²) >= 11 is 0. The highest BCUT2D eigenvalue weighted by Gasteiger charge is 2.41. The summed E-state index contributed by atoms with van der Waals surface area (Å²) in [7, 11) is 0.568. The second-order valence-electron chi connectivity index (χ2n) is 9.65. The Morgan fingerprint density at radius 3 is 2.71 bits per heavy atom. The molecule has 1 aliphatic carbocycles. The minimum absolute atomic E-state index is 0.0102. The molecule has 9 nitrogen and oxygen atoms in total. The molecule has 5 rings (SSSR count). The number of aryl methyl sites for hydroxylation is 1. The van der Waals surface area contributed by atoms with Crippen molar-refractivity contribution in [2.45, 2.75) is 61.2 Å². The average molecular weight is 507 g/mol. The first kappa shape index (κ1) is 24.0. The van der Waals surface area contributed by atoms with Crippen molar-refractivity contribution in [2.75, 3.05) is 42.7 Å². The molecule has 2 saturated heterocycles. The van der Waals surface area contributed by atoms with Crippen LogP contribution in [0.1, 0.15) is 37.8 Å². The highest BCUT2D eigenvalue weighted by molar-refractivity contribution is 7.85.